The Morgan fingerprint density at radius 3 is 2.41 bits per heavy atom. The lowest BCUT2D eigenvalue weighted by molar-refractivity contribution is -0.136. The molecule has 8 nitrogen and oxygen atoms in total. The number of carbonyl (C=O) groups is 1. The number of hydrogen-bond donors (Lipinski definition) is 2. The van der Waals surface area contributed by atoms with E-state index in [9.17, 15) is 9.59 Å². The average molecular weight is 305 g/mol. The van der Waals surface area contributed by atoms with Gasteiger partial charge in [-0.05, 0) is 13.8 Å². The highest BCUT2D eigenvalue weighted by Crippen LogP contribution is 2.17. The summed E-state index contributed by atoms with van der Waals surface area (Å²) in [6.07, 6.45) is -0.130. The van der Waals surface area contributed by atoms with Crippen LogP contribution in [-0.4, -0.2) is 36.0 Å². The third-order valence-electron chi connectivity index (χ3n) is 3.37. The number of aliphatic carboxylic acids is 1. The van der Waals surface area contributed by atoms with Crippen molar-refractivity contribution in [3.8, 4) is 5.95 Å². The Morgan fingerprint density at radius 1 is 1.27 bits per heavy atom. The van der Waals surface area contributed by atoms with E-state index < -0.39 is 11.4 Å². The molecular weight excluding hydrogens is 286 g/mol. The summed E-state index contributed by atoms with van der Waals surface area (Å²) in [6.45, 7) is 9.08. The summed E-state index contributed by atoms with van der Waals surface area (Å²) in [4.78, 5) is 25.7. The summed E-state index contributed by atoms with van der Waals surface area (Å²) in [5.74, 6) is -0.761. The van der Waals surface area contributed by atoms with Crippen LogP contribution in [0.3, 0.4) is 0 Å². The van der Waals surface area contributed by atoms with Gasteiger partial charge in [0, 0.05) is 16.7 Å². The molecule has 0 spiro atoms. The molecule has 2 aromatic rings. The second-order valence-electron chi connectivity index (χ2n) is 6.21. The highest BCUT2D eigenvalue weighted by molar-refractivity contribution is 5.71. The van der Waals surface area contributed by atoms with Crippen LogP contribution in [0.1, 0.15) is 43.4 Å². The van der Waals surface area contributed by atoms with E-state index >= 15 is 0 Å². The second-order valence-corrected chi connectivity index (χ2v) is 6.21. The first kappa shape index (κ1) is 15.9. The minimum Gasteiger partial charge on any atom is -0.481 e. The minimum atomic E-state index is -0.937. The molecule has 0 unspecified atom stereocenters. The van der Waals surface area contributed by atoms with E-state index in [4.69, 9.17) is 5.11 Å². The topological polar surface area (TPSA) is 114 Å². The highest BCUT2D eigenvalue weighted by atomic mass is 16.4. The highest BCUT2D eigenvalue weighted by Gasteiger charge is 2.22. The molecule has 0 aliphatic heterocycles. The fourth-order valence-corrected chi connectivity index (χ4v) is 2.20. The largest absolute Gasteiger partial charge is 0.481 e. The monoisotopic (exact) mass is 305 g/mol. The van der Waals surface area contributed by atoms with E-state index in [0.717, 1.165) is 0 Å². The van der Waals surface area contributed by atoms with E-state index in [1.165, 1.54) is 4.68 Å². The first-order valence-electron chi connectivity index (χ1n) is 6.86. The van der Waals surface area contributed by atoms with Gasteiger partial charge in [-0.25, -0.2) is 4.68 Å². The van der Waals surface area contributed by atoms with Crippen molar-refractivity contribution >= 4 is 5.97 Å². The van der Waals surface area contributed by atoms with Gasteiger partial charge in [0.15, 0.2) is 0 Å². The number of carboxylic acid groups (broad SMARTS) is 1. The summed E-state index contributed by atoms with van der Waals surface area (Å²) < 4.78 is 1.41. The lowest BCUT2D eigenvalue weighted by Crippen LogP contribution is -2.29. The van der Waals surface area contributed by atoms with Crippen LogP contribution in [0, 0.1) is 13.8 Å². The Hall–Kier alpha value is -2.51. The first-order chi connectivity index (χ1) is 10.1. The van der Waals surface area contributed by atoms with Crippen LogP contribution in [0.25, 0.3) is 5.95 Å². The van der Waals surface area contributed by atoms with Crippen LogP contribution < -0.4 is 5.56 Å². The molecule has 0 bridgehead atoms. The third kappa shape index (κ3) is 2.90. The predicted molar refractivity (Wildman–Crippen MR) is 79.3 cm³/mol. The van der Waals surface area contributed by atoms with E-state index in [2.05, 4.69) is 20.3 Å². The maximum Gasteiger partial charge on any atom is 0.307 e. The normalized spacial score (nSPS) is 11.7. The number of aromatic nitrogens is 5. The Kier molecular flexibility index (Phi) is 3.87. The summed E-state index contributed by atoms with van der Waals surface area (Å²) in [7, 11) is 0. The molecule has 0 aliphatic carbocycles. The zero-order chi connectivity index (χ0) is 16.7. The minimum absolute atomic E-state index is 0.130. The van der Waals surface area contributed by atoms with Gasteiger partial charge >= 0.3 is 5.97 Å². The number of aromatic amines is 1. The lowest BCUT2D eigenvalue weighted by atomic mass is 9.93. The van der Waals surface area contributed by atoms with Crippen molar-refractivity contribution < 1.29 is 9.90 Å². The van der Waals surface area contributed by atoms with Gasteiger partial charge < -0.3 is 5.11 Å². The number of carboxylic acids is 1. The standard InChI is InChI=1S/C14H19N5O3/c1-7-9(6-10(20)21)8(2)19(18-7)13-15-12(22)11(16-17-13)14(3,4)5/h6H2,1-5H3,(H,20,21)(H,15,17,22). The zero-order valence-electron chi connectivity index (χ0n) is 13.3. The predicted octanol–water partition coefficient (Wildman–Crippen LogP) is 0.892. The summed E-state index contributed by atoms with van der Waals surface area (Å²) in [5.41, 5.74) is 1.40. The molecule has 22 heavy (non-hydrogen) atoms. The number of nitrogens with zero attached hydrogens (tertiary/aromatic N) is 4. The smallest absolute Gasteiger partial charge is 0.307 e. The van der Waals surface area contributed by atoms with Crippen molar-refractivity contribution in [3.63, 3.8) is 0 Å². The Labute approximate surface area is 127 Å². The summed E-state index contributed by atoms with van der Waals surface area (Å²) in [5, 5.41) is 21.2. The quantitative estimate of drug-likeness (QED) is 0.870. The van der Waals surface area contributed by atoms with Gasteiger partial charge in [-0.15, -0.1) is 10.2 Å². The van der Waals surface area contributed by atoms with Crippen LogP contribution in [0.2, 0.25) is 0 Å². The lowest BCUT2D eigenvalue weighted by Gasteiger charge is -2.15. The molecule has 0 amide bonds. The molecule has 8 heteroatoms. The number of H-pyrrole nitrogens is 1. The molecule has 0 atom stereocenters. The molecule has 0 saturated heterocycles. The Morgan fingerprint density at radius 2 is 1.91 bits per heavy atom. The zero-order valence-corrected chi connectivity index (χ0v) is 13.3. The van der Waals surface area contributed by atoms with Crippen molar-refractivity contribution in [1.82, 2.24) is 25.0 Å². The van der Waals surface area contributed by atoms with Crippen molar-refractivity contribution in [2.24, 2.45) is 0 Å². The van der Waals surface area contributed by atoms with E-state index in [-0.39, 0.29) is 17.9 Å². The van der Waals surface area contributed by atoms with Gasteiger partial charge in [-0.1, -0.05) is 20.8 Å². The van der Waals surface area contributed by atoms with Gasteiger partial charge in [0.25, 0.3) is 11.5 Å². The Bertz CT molecular complexity index is 783. The van der Waals surface area contributed by atoms with Crippen molar-refractivity contribution in [1.29, 1.82) is 0 Å². The summed E-state index contributed by atoms with van der Waals surface area (Å²) >= 11 is 0. The van der Waals surface area contributed by atoms with Crippen LogP contribution in [-0.2, 0) is 16.6 Å². The third-order valence-corrected chi connectivity index (χ3v) is 3.37. The molecule has 0 aliphatic rings. The van der Waals surface area contributed by atoms with Crippen LogP contribution in [0.5, 0.6) is 0 Å². The van der Waals surface area contributed by atoms with E-state index in [1.807, 2.05) is 20.8 Å². The molecule has 2 rings (SSSR count). The summed E-state index contributed by atoms with van der Waals surface area (Å²) in [6, 6.07) is 0. The van der Waals surface area contributed by atoms with Crippen LogP contribution in [0.15, 0.2) is 4.79 Å². The Balaban J connectivity index is 2.52. The fraction of sp³-hybridized carbons (Fsp3) is 0.500. The maximum absolute atomic E-state index is 12.1. The van der Waals surface area contributed by atoms with Gasteiger partial charge in [-0.3, -0.25) is 14.6 Å². The number of aryl methyl sites for hydroxylation is 1. The molecule has 2 heterocycles. The first-order valence-corrected chi connectivity index (χ1v) is 6.86. The van der Waals surface area contributed by atoms with E-state index in [0.29, 0.717) is 22.6 Å². The van der Waals surface area contributed by atoms with Crippen molar-refractivity contribution in [3.05, 3.63) is 33.0 Å². The molecule has 0 aromatic carbocycles. The molecular formula is C14H19N5O3. The van der Waals surface area contributed by atoms with Crippen LogP contribution in [0.4, 0.5) is 0 Å². The molecule has 118 valence electrons. The molecule has 2 N–H and O–H groups in total. The SMILES string of the molecule is Cc1nn(-c2nnc(C(C)(C)C)c(=O)[nH]2)c(C)c1CC(=O)O. The van der Waals surface area contributed by atoms with Gasteiger partial charge in [0.1, 0.15) is 5.69 Å². The molecule has 0 saturated carbocycles. The maximum atomic E-state index is 12.1. The molecule has 0 radical (unpaired) electrons. The van der Waals surface area contributed by atoms with Crippen molar-refractivity contribution in [2.75, 3.05) is 0 Å². The van der Waals surface area contributed by atoms with Crippen LogP contribution >= 0.6 is 0 Å². The van der Waals surface area contributed by atoms with Gasteiger partial charge in [0.2, 0.25) is 0 Å². The van der Waals surface area contributed by atoms with E-state index in [1.54, 1.807) is 13.8 Å². The fourth-order valence-electron chi connectivity index (χ4n) is 2.20. The molecule has 2 aromatic heterocycles. The van der Waals surface area contributed by atoms with Gasteiger partial charge in [0.05, 0.1) is 12.1 Å². The number of rotatable bonds is 3. The molecule has 0 fully saturated rings. The van der Waals surface area contributed by atoms with Gasteiger partial charge in [-0.2, -0.15) is 5.10 Å². The second kappa shape index (κ2) is 5.36. The average Bonchev–Trinajstić information content (AvgIpc) is 2.64. The van der Waals surface area contributed by atoms with Crippen molar-refractivity contribution in [2.45, 2.75) is 46.5 Å². The number of nitrogens with one attached hydrogen (secondary N) is 1. The number of hydrogen-bond acceptors (Lipinski definition) is 5.